The maximum atomic E-state index is 12.5. The van der Waals surface area contributed by atoms with Crippen molar-refractivity contribution in [3.8, 4) is 0 Å². The summed E-state index contributed by atoms with van der Waals surface area (Å²) in [6, 6.07) is 8.95. The number of sulfonamides is 1. The summed E-state index contributed by atoms with van der Waals surface area (Å²) in [5.74, 6) is -0.300. The second-order valence-corrected chi connectivity index (χ2v) is 8.09. The summed E-state index contributed by atoms with van der Waals surface area (Å²) in [6.45, 7) is 1.20. The number of carbonyl (C=O) groups is 1. The quantitative estimate of drug-likeness (QED) is 0.784. The first-order chi connectivity index (χ1) is 12.4. The average molecular weight is 378 g/mol. The van der Waals surface area contributed by atoms with Crippen LogP contribution in [0, 0.1) is 0 Å². The van der Waals surface area contributed by atoms with Gasteiger partial charge in [-0.1, -0.05) is 18.2 Å². The lowest BCUT2D eigenvalue weighted by Crippen LogP contribution is -2.49. The molecule has 0 saturated carbocycles. The molecular formula is C17H22N4O4S. The number of nitrogens with zero attached hydrogens (tertiary/aromatic N) is 3. The minimum absolute atomic E-state index is 0.111. The van der Waals surface area contributed by atoms with Crippen LogP contribution in [0.2, 0.25) is 0 Å². The van der Waals surface area contributed by atoms with Crippen LogP contribution in [0.5, 0.6) is 0 Å². The maximum Gasteiger partial charge on any atom is 0.254 e. The van der Waals surface area contributed by atoms with Crippen molar-refractivity contribution in [3.05, 3.63) is 53.9 Å². The van der Waals surface area contributed by atoms with Gasteiger partial charge in [0.2, 0.25) is 10.0 Å². The molecule has 0 bridgehead atoms. The smallest absolute Gasteiger partial charge is 0.254 e. The van der Waals surface area contributed by atoms with Gasteiger partial charge in [-0.05, 0) is 12.1 Å². The van der Waals surface area contributed by atoms with Gasteiger partial charge in [-0.25, -0.2) is 13.1 Å². The second kappa shape index (κ2) is 7.98. The molecule has 1 atom stereocenters. The van der Waals surface area contributed by atoms with Crippen LogP contribution in [-0.4, -0.2) is 60.6 Å². The summed E-state index contributed by atoms with van der Waals surface area (Å²) >= 11 is 0. The van der Waals surface area contributed by atoms with Crippen molar-refractivity contribution in [2.45, 2.75) is 12.6 Å². The summed E-state index contributed by atoms with van der Waals surface area (Å²) in [7, 11) is -1.76. The van der Waals surface area contributed by atoms with Crippen molar-refractivity contribution in [2.24, 2.45) is 7.05 Å². The number of benzene rings is 1. The first kappa shape index (κ1) is 18.6. The number of amides is 1. The highest BCUT2D eigenvalue weighted by atomic mass is 32.2. The number of hydrogen-bond acceptors (Lipinski definition) is 5. The lowest BCUT2D eigenvalue weighted by atomic mass is 10.2. The van der Waals surface area contributed by atoms with Gasteiger partial charge in [0.25, 0.3) is 5.91 Å². The van der Waals surface area contributed by atoms with Crippen molar-refractivity contribution in [2.75, 3.05) is 25.4 Å². The van der Waals surface area contributed by atoms with Gasteiger partial charge >= 0.3 is 0 Å². The Labute approximate surface area is 152 Å². The van der Waals surface area contributed by atoms with Crippen LogP contribution < -0.4 is 4.72 Å². The molecule has 0 aliphatic carbocycles. The molecule has 3 rings (SSSR count). The zero-order chi connectivity index (χ0) is 18.6. The van der Waals surface area contributed by atoms with E-state index in [4.69, 9.17) is 4.74 Å². The highest BCUT2D eigenvalue weighted by Gasteiger charge is 2.28. The fraction of sp³-hybridized carbons (Fsp3) is 0.412. The molecule has 1 aliphatic rings. The fourth-order valence-electron chi connectivity index (χ4n) is 2.83. The van der Waals surface area contributed by atoms with Gasteiger partial charge in [-0.15, -0.1) is 0 Å². The number of ether oxygens (including phenoxy) is 1. The molecule has 1 fully saturated rings. The Balaban J connectivity index is 1.56. The van der Waals surface area contributed by atoms with Crippen LogP contribution in [0.15, 0.2) is 42.7 Å². The van der Waals surface area contributed by atoms with Gasteiger partial charge in [0, 0.05) is 44.0 Å². The molecule has 1 aromatic carbocycles. The Morgan fingerprint density at radius 2 is 2.12 bits per heavy atom. The lowest BCUT2D eigenvalue weighted by molar-refractivity contribution is -0.0110. The van der Waals surface area contributed by atoms with E-state index in [1.54, 1.807) is 53.3 Å². The molecule has 9 heteroatoms. The second-order valence-electron chi connectivity index (χ2n) is 6.23. The normalized spacial score (nSPS) is 18.0. The molecule has 2 heterocycles. The maximum absolute atomic E-state index is 12.5. The van der Waals surface area contributed by atoms with Crippen LogP contribution in [0.1, 0.15) is 15.9 Å². The van der Waals surface area contributed by atoms with Crippen LogP contribution in [-0.2, 0) is 28.4 Å². The van der Waals surface area contributed by atoms with Crippen molar-refractivity contribution in [3.63, 3.8) is 0 Å². The van der Waals surface area contributed by atoms with Crippen molar-refractivity contribution < 1.29 is 17.9 Å². The summed E-state index contributed by atoms with van der Waals surface area (Å²) in [5, 5.41) is 4.00. The highest BCUT2D eigenvalue weighted by molar-refractivity contribution is 7.89. The van der Waals surface area contributed by atoms with E-state index in [2.05, 4.69) is 9.82 Å². The molecule has 0 unspecified atom stereocenters. The Morgan fingerprint density at radius 1 is 1.35 bits per heavy atom. The number of nitrogens with one attached hydrogen (secondary N) is 1. The van der Waals surface area contributed by atoms with Crippen LogP contribution in [0.4, 0.5) is 0 Å². The van der Waals surface area contributed by atoms with Crippen molar-refractivity contribution in [1.82, 2.24) is 19.4 Å². The number of aromatic nitrogens is 2. The van der Waals surface area contributed by atoms with E-state index < -0.39 is 16.1 Å². The minimum atomic E-state index is -3.53. The van der Waals surface area contributed by atoms with Crippen molar-refractivity contribution >= 4 is 15.9 Å². The van der Waals surface area contributed by atoms with E-state index in [-0.39, 0.29) is 24.7 Å². The third kappa shape index (κ3) is 4.90. The summed E-state index contributed by atoms with van der Waals surface area (Å²) in [5.41, 5.74) is 1.37. The van der Waals surface area contributed by atoms with Crippen molar-refractivity contribution in [1.29, 1.82) is 0 Å². The Kier molecular flexibility index (Phi) is 5.70. The van der Waals surface area contributed by atoms with Crippen LogP contribution in [0.25, 0.3) is 0 Å². The topological polar surface area (TPSA) is 93.5 Å². The molecular weight excluding hydrogens is 356 g/mol. The molecule has 0 spiro atoms. The molecule has 1 aliphatic heterocycles. The average Bonchev–Trinajstić information content (AvgIpc) is 3.05. The third-order valence-electron chi connectivity index (χ3n) is 4.11. The van der Waals surface area contributed by atoms with Crippen LogP contribution in [0.3, 0.4) is 0 Å². The van der Waals surface area contributed by atoms with E-state index in [1.807, 2.05) is 6.07 Å². The van der Waals surface area contributed by atoms with Crippen LogP contribution >= 0.6 is 0 Å². The Morgan fingerprint density at radius 3 is 2.81 bits per heavy atom. The highest BCUT2D eigenvalue weighted by Crippen LogP contribution is 2.12. The van der Waals surface area contributed by atoms with E-state index >= 15 is 0 Å². The van der Waals surface area contributed by atoms with Gasteiger partial charge in [0.05, 0.1) is 24.7 Å². The largest absolute Gasteiger partial charge is 0.373 e. The molecule has 1 aromatic heterocycles. The summed E-state index contributed by atoms with van der Waals surface area (Å²) in [4.78, 5) is 14.2. The SMILES string of the molecule is Cn1cc(CNS(=O)(=O)C[C@H]2CN(C(=O)c3ccccc3)CCO2)cn1. The molecule has 1 N–H and O–H groups in total. The van der Waals surface area contributed by atoms with E-state index in [0.29, 0.717) is 18.7 Å². The van der Waals surface area contributed by atoms with E-state index in [1.165, 1.54) is 0 Å². The van der Waals surface area contributed by atoms with Gasteiger partial charge in [-0.3, -0.25) is 9.48 Å². The first-order valence-corrected chi connectivity index (χ1v) is 9.99. The molecule has 0 radical (unpaired) electrons. The predicted octanol–water partition coefficient (Wildman–Crippen LogP) is 0.381. The predicted molar refractivity (Wildman–Crippen MR) is 95.9 cm³/mol. The molecule has 8 nitrogen and oxygen atoms in total. The Hall–Kier alpha value is -2.23. The number of morpholine rings is 1. The third-order valence-corrected chi connectivity index (χ3v) is 5.50. The number of hydrogen-bond donors (Lipinski definition) is 1. The summed E-state index contributed by atoms with van der Waals surface area (Å²) < 4.78 is 34.3. The zero-order valence-electron chi connectivity index (χ0n) is 14.5. The lowest BCUT2D eigenvalue weighted by Gasteiger charge is -2.32. The molecule has 2 aromatic rings. The number of rotatable bonds is 6. The van der Waals surface area contributed by atoms with E-state index in [0.717, 1.165) is 5.56 Å². The molecule has 1 amide bonds. The molecule has 140 valence electrons. The minimum Gasteiger partial charge on any atom is -0.373 e. The monoisotopic (exact) mass is 378 g/mol. The van der Waals surface area contributed by atoms with Gasteiger partial charge in [0.15, 0.2) is 0 Å². The standard InChI is InChI=1S/C17H22N4O4S/c1-20-11-14(9-18-20)10-19-26(23,24)13-16-12-21(7-8-25-16)17(22)15-5-3-2-4-6-15/h2-6,9,11,16,19H,7-8,10,12-13H2,1H3/t16-/m1/s1. The van der Waals surface area contributed by atoms with Gasteiger partial charge in [-0.2, -0.15) is 5.10 Å². The van der Waals surface area contributed by atoms with E-state index in [9.17, 15) is 13.2 Å². The number of aryl methyl sites for hydroxylation is 1. The van der Waals surface area contributed by atoms with Gasteiger partial charge < -0.3 is 9.64 Å². The number of carbonyl (C=O) groups excluding carboxylic acids is 1. The Bertz CT molecular complexity index is 851. The molecule has 1 saturated heterocycles. The first-order valence-electron chi connectivity index (χ1n) is 8.34. The fourth-order valence-corrected chi connectivity index (χ4v) is 4.02. The zero-order valence-corrected chi connectivity index (χ0v) is 15.4. The molecule has 26 heavy (non-hydrogen) atoms. The van der Waals surface area contributed by atoms with Gasteiger partial charge in [0.1, 0.15) is 0 Å². The summed E-state index contributed by atoms with van der Waals surface area (Å²) in [6.07, 6.45) is 2.81.